The molecule has 1 saturated heterocycles. The molecule has 0 bridgehead atoms. The van der Waals surface area contributed by atoms with Gasteiger partial charge in [0.15, 0.2) is 11.5 Å². The summed E-state index contributed by atoms with van der Waals surface area (Å²) in [6.07, 6.45) is 4.92. The maximum absolute atomic E-state index is 9.65. The van der Waals surface area contributed by atoms with Gasteiger partial charge in [-0.3, -0.25) is 4.98 Å². The van der Waals surface area contributed by atoms with Crippen molar-refractivity contribution in [1.29, 1.82) is 0 Å². The smallest absolute Gasteiger partial charge is 0.163 e. The number of β-amino-alcohol motifs (C(OH)–C–C–N with tert-alkyl or cyclic N) is 1. The van der Waals surface area contributed by atoms with Crippen molar-refractivity contribution < 1.29 is 14.6 Å². The number of fused-ring (bicyclic) bond motifs is 2. The molecular formula is C23H33N3O3. The van der Waals surface area contributed by atoms with Crippen molar-refractivity contribution in [2.45, 2.75) is 58.1 Å². The number of hydrogen-bond donors (Lipinski definition) is 2. The van der Waals surface area contributed by atoms with Crippen LogP contribution in [0.3, 0.4) is 0 Å². The third-order valence-electron chi connectivity index (χ3n) is 5.85. The van der Waals surface area contributed by atoms with E-state index in [4.69, 9.17) is 14.5 Å². The van der Waals surface area contributed by atoms with Crippen LogP contribution in [0.4, 0.5) is 5.69 Å². The number of aryl methyl sites for hydroxylation is 1. The van der Waals surface area contributed by atoms with Gasteiger partial charge in [0, 0.05) is 48.5 Å². The summed E-state index contributed by atoms with van der Waals surface area (Å²) in [6, 6.07) is 4.45. The minimum absolute atomic E-state index is 0.169. The number of nitrogens with one attached hydrogen (secondary N) is 1. The molecule has 6 nitrogen and oxygen atoms in total. The lowest BCUT2D eigenvalue weighted by Crippen LogP contribution is -2.24. The Labute approximate surface area is 173 Å². The van der Waals surface area contributed by atoms with Crippen LogP contribution in [0.15, 0.2) is 12.1 Å². The molecule has 6 heteroatoms. The molecule has 1 aromatic carbocycles. The van der Waals surface area contributed by atoms with E-state index < -0.39 is 0 Å². The van der Waals surface area contributed by atoms with Crippen molar-refractivity contribution in [3.05, 3.63) is 23.4 Å². The number of aromatic nitrogens is 1. The highest BCUT2D eigenvalue weighted by molar-refractivity contribution is 5.96. The Morgan fingerprint density at radius 2 is 2.14 bits per heavy atom. The van der Waals surface area contributed by atoms with E-state index in [1.807, 2.05) is 6.07 Å². The van der Waals surface area contributed by atoms with Gasteiger partial charge in [-0.2, -0.15) is 0 Å². The molecule has 0 radical (unpaired) electrons. The number of aliphatic hydroxyl groups is 1. The summed E-state index contributed by atoms with van der Waals surface area (Å²) >= 11 is 0. The van der Waals surface area contributed by atoms with Gasteiger partial charge in [-0.1, -0.05) is 0 Å². The molecule has 0 saturated carbocycles. The second-order valence-corrected chi connectivity index (χ2v) is 8.53. The second kappa shape index (κ2) is 8.76. The SMILES string of the molecule is COc1cc2c(NC(C)C)c3c(nc2cc1OCCCN1CCC(O)C1)CCC3. The van der Waals surface area contributed by atoms with Gasteiger partial charge in [0.05, 0.1) is 25.3 Å². The molecule has 2 aliphatic rings. The highest BCUT2D eigenvalue weighted by Crippen LogP contribution is 2.39. The lowest BCUT2D eigenvalue weighted by Gasteiger charge is -2.19. The van der Waals surface area contributed by atoms with Gasteiger partial charge in [-0.05, 0) is 57.6 Å². The number of benzene rings is 1. The summed E-state index contributed by atoms with van der Waals surface area (Å²) < 4.78 is 11.7. The molecule has 2 heterocycles. The summed E-state index contributed by atoms with van der Waals surface area (Å²) in [5.74, 6) is 1.50. The summed E-state index contributed by atoms with van der Waals surface area (Å²) in [7, 11) is 1.69. The third-order valence-corrected chi connectivity index (χ3v) is 5.85. The van der Waals surface area contributed by atoms with E-state index in [1.165, 1.54) is 16.9 Å². The van der Waals surface area contributed by atoms with Gasteiger partial charge in [0.25, 0.3) is 0 Å². The van der Waals surface area contributed by atoms with Gasteiger partial charge < -0.3 is 24.8 Å². The predicted molar refractivity (Wildman–Crippen MR) is 116 cm³/mol. The maximum atomic E-state index is 9.65. The minimum Gasteiger partial charge on any atom is -0.493 e. The molecule has 2 aromatic rings. The van der Waals surface area contributed by atoms with E-state index in [0.717, 1.165) is 74.1 Å². The Bertz CT molecular complexity index is 868. The number of hydrogen-bond acceptors (Lipinski definition) is 6. The van der Waals surface area contributed by atoms with Gasteiger partial charge in [0.2, 0.25) is 0 Å². The number of nitrogens with zero attached hydrogens (tertiary/aromatic N) is 2. The Morgan fingerprint density at radius 3 is 2.86 bits per heavy atom. The number of pyridine rings is 1. The molecule has 1 aromatic heterocycles. The highest BCUT2D eigenvalue weighted by Gasteiger charge is 2.22. The minimum atomic E-state index is -0.169. The number of methoxy groups -OCH3 is 1. The van der Waals surface area contributed by atoms with Crippen LogP contribution in [0.1, 0.15) is 44.4 Å². The zero-order valence-electron chi connectivity index (χ0n) is 17.8. The van der Waals surface area contributed by atoms with Gasteiger partial charge in [0.1, 0.15) is 0 Å². The number of aliphatic hydroxyl groups excluding tert-OH is 1. The Balaban J connectivity index is 1.54. The molecule has 0 amide bonds. The van der Waals surface area contributed by atoms with Gasteiger partial charge in [-0.25, -0.2) is 0 Å². The van der Waals surface area contributed by atoms with Crippen LogP contribution in [0.5, 0.6) is 11.5 Å². The summed E-state index contributed by atoms with van der Waals surface area (Å²) in [4.78, 5) is 7.24. The number of anilines is 1. The van der Waals surface area contributed by atoms with E-state index in [2.05, 4.69) is 30.1 Å². The number of rotatable bonds is 8. The summed E-state index contributed by atoms with van der Waals surface area (Å²) in [6.45, 7) is 7.65. The normalized spacial score (nSPS) is 19.1. The fraction of sp³-hybridized carbons (Fsp3) is 0.609. The topological polar surface area (TPSA) is 66.8 Å². The van der Waals surface area contributed by atoms with E-state index in [9.17, 15) is 5.11 Å². The fourth-order valence-electron chi connectivity index (χ4n) is 4.48. The molecule has 1 atom stereocenters. The number of likely N-dealkylation sites (tertiary alicyclic amines) is 1. The Hall–Kier alpha value is -2.05. The van der Waals surface area contributed by atoms with Crippen molar-refractivity contribution in [2.24, 2.45) is 0 Å². The average molecular weight is 400 g/mol. The van der Waals surface area contributed by atoms with Crippen molar-refractivity contribution in [2.75, 3.05) is 38.7 Å². The van der Waals surface area contributed by atoms with Crippen molar-refractivity contribution in [3.63, 3.8) is 0 Å². The standard InChI is InChI=1S/C23H33N3O3/c1-15(2)24-23-17-6-4-7-19(17)25-20-13-22(21(28-3)12-18(20)23)29-11-5-9-26-10-8-16(27)14-26/h12-13,15-16,27H,4-11,14H2,1-3H3,(H,24,25). The Kier molecular flexibility index (Phi) is 6.11. The first-order chi connectivity index (χ1) is 14.0. The summed E-state index contributed by atoms with van der Waals surface area (Å²) in [5, 5.41) is 14.4. The molecule has 1 fully saturated rings. The first-order valence-corrected chi connectivity index (χ1v) is 10.9. The largest absolute Gasteiger partial charge is 0.493 e. The van der Waals surface area contributed by atoms with Gasteiger partial charge >= 0.3 is 0 Å². The summed E-state index contributed by atoms with van der Waals surface area (Å²) in [5.41, 5.74) is 4.74. The molecular weight excluding hydrogens is 366 g/mol. The van der Waals surface area contributed by atoms with E-state index in [-0.39, 0.29) is 6.10 Å². The second-order valence-electron chi connectivity index (χ2n) is 8.53. The zero-order chi connectivity index (χ0) is 20.4. The molecule has 2 N–H and O–H groups in total. The predicted octanol–water partition coefficient (Wildman–Crippen LogP) is 3.39. The van der Waals surface area contributed by atoms with Crippen molar-refractivity contribution in [3.8, 4) is 11.5 Å². The van der Waals surface area contributed by atoms with Crippen LogP contribution in [0.25, 0.3) is 10.9 Å². The molecule has 1 aliphatic carbocycles. The van der Waals surface area contributed by atoms with E-state index in [0.29, 0.717) is 12.6 Å². The molecule has 29 heavy (non-hydrogen) atoms. The Morgan fingerprint density at radius 1 is 1.28 bits per heavy atom. The maximum Gasteiger partial charge on any atom is 0.163 e. The molecule has 0 spiro atoms. The van der Waals surface area contributed by atoms with Crippen LogP contribution in [0.2, 0.25) is 0 Å². The first kappa shape index (κ1) is 20.2. The van der Waals surface area contributed by atoms with Gasteiger partial charge in [-0.15, -0.1) is 0 Å². The average Bonchev–Trinajstić information content (AvgIpc) is 3.32. The van der Waals surface area contributed by atoms with Crippen LogP contribution in [0, 0.1) is 0 Å². The quantitative estimate of drug-likeness (QED) is 0.664. The van der Waals surface area contributed by atoms with Crippen LogP contribution < -0.4 is 14.8 Å². The van der Waals surface area contributed by atoms with Crippen molar-refractivity contribution >= 4 is 16.6 Å². The number of ether oxygens (including phenoxy) is 2. The molecule has 158 valence electrons. The zero-order valence-corrected chi connectivity index (χ0v) is 17.8. The van der Waals surface area contributed by atoms with Crippen LogP contribution >= 0.6 is 0 Å². The molecule has 4 rings (SSSR count). The lowest BCUT2D eigenvalue weighted by atomic mass is 10.1. The fourth-order valence-corrected chi connectivity index (χ4v) is 4.48. The first-order valence-electron chi connectivity index (χ1n) is 10.9. The third kappa shape index (κ3) is 4.43. The molecule has 1 unspecified atom stereocenters. The van der Waals surface area contributed by atoms with E-state index >= 15 is 0 Å². The van der Waals surface area contributed by atoms with Crippen molar-refractivity contribution in [1.82, 2.24) is 9.88 Å². The highest BCUT2D eigenvalue weighted by atomic mass is 16.5. The van der Waals surface area contributed by atoms with Crippen LogP contribution in [-0.2, 0) is 12.8 Å². The van der Waals surface area contributed by atoms with Crippen LogP contribution in [-0.4, -0.2) is 60.5 Å². The molecule has 1 aliphatic heterocycles. The monoisotopic (exact) mass is 399 g/mol. The van der Waals surface area contributed by atoms with E-state index in [1.54, 1.807) is 7.11 Å². The lowest BCUT2D eigenvalue weighted by molar-refractivity contribution is 0.172.